The van der Waals surface area contributed by atoms with E-state index in [0.717, 1.165) is 48.5 Å². The smallest absolute Gasteiger partial charge is 0.357 e. The van der Waals surface area contributed by atoms with Crippen molar-refractivity contribution in [2.24, 2.45) is 0 Å². The summed E-state index contributed by atoms with van der Waals surface area (Å²) in [6.45, 7) is 0. The predicted molar refractivity (Wildman–Crippen MR) is 154 cm³/mol. The summed E-state index contributed by atoms with van der Waals surface area (Å²) in [5, 5.41) is -0.606. The van der Waals surface area contributed by atoms with Crippen LogP contribution < -0.4 is 9.97 Å². The Kier molecular flexibility index (Phi) is 6.60. The van der Waals surface area contributed by atoms with Crippen molar-refractivity contribution < 1.29 is 52.2 Å². The molecule has 0 unspecified atom stereocenters. The maximum absolute atomic E-state index is 15.3. The van der Waals surface area contributed by atoms with E-state index >= 15 is 17.6 Å². The zero-order valence-corrected chi connectivity index (χ0v) is 24.5. The van der Waals surface area contributed by atoms with Crippen molar-refractivity contribution in [3.05, 3.63) is 95.1 Å². The first kappa shape index (κ1) is 30.5. The molecule has 3 aromatic heterocycles. The van der Waals surface area contributed by atoms with Crippen LogP contribution in [0, 0.1) is 46.5 Å². The van der Waals surface area contributed by atoms with Gasteiger partial charge in [-0.1, -0.05) is 0 Å². The van der Waals surface area contributed by atoms with Crippen LogP contribution in [0.25, 0.3) is 89.7 Å². The van der Waals surface area contributed by atoms with Crippen LogP contribution in [0.2, 0.25) is 0 Å². The molecule has 9 rings (SSSR count). The molecule has 243 valence electrons. The average Bonchev–Trinajstić information content (AvgIpc) is 3.77. The Morgan fingerprint density at radius 1 is 0.327 bits per heavy atom. The number of hydrogen-bond acceptors (Lipinski definition) is 6. The van der Waals surface area contributed by atoms with E-state index in [1.165, 1.54) is 0 Å². The quantitative estimate of drug-likeness (QED) is 0.119. The monoisotopic (exact) mass is 719 g/mol. The fourth-order valence-corrected chi connectivity index (χ4v) is 5.74. The zero-order valence-electron chi connectivity index (χ0n) is 23.5. The number of fused-ring (bicyclic) bond motifs is 20. The fraction of sp³-hybridized carbons (Fsp3) is 0. The Hall–Kier alpha value is -5.80. The molecule has 4 aromatic carbocycles. The zero-order chi connectivity index (χ0) is 33.2. The van der Waals surface area contributed by atoms with E-state index in [4.69, 9.17) is 0 Å². The molecule has 1 radical (unpaired) electrons. The minimum absolute atomic E-state index is 0. The normalized spacial score (nSPS) is 11.9. The van der Waals surface area contributed by atoms with Gasteiger partial charge in [0.25, 0.3) is 0 Å². The Morgan fingerprint density at radius 2 is 0.551 bits per heavy atom. The molecule has 7 aromatic rings. The molecule has 0 spiro atoms. The van der Waals surface area contributed by atoms with Crippen LogP contribution in [0.1, 0.15) is 0 Å². The third-order valence-corrected chi connectivity index (χ3v) is 7.88. The first-order chi connectivity index (χ1) is 23.0. The van der Waals surface area contributed by atoms with E-state index in [2.05, 4.69) is 39.9 Å². The third-order valence-electron chi connectivity index (χ3n) is 7.88. The minimum atomic E-state index is -1.31. The molecule has 0 aliphatic carbocycles. The summed E-state index contributed by atoms with van der Waals surface area (Å²) in [7, 11) is 0. The minimum Gasteiger partial charge on any atom is -0.357 e. The predicted octanol–water partition coefficient (Wildman–Crippen LogP) is 7.24. The van der Waals surface area contributed by atoms with Gasteiger partial charge in [0.2, 0.25) is 0 Å². The van der Waals surface area contributed by atoms with Gasteiger partial charge >= 0.3 is 17.1 Å². The molecule has 0 saturated carbocycles. The Morgan fingerprint density at radius 3 is 0.776 bits per heavy atom. The molecule has 17 heteroatoms. The summed E-state index contributed by atoms with van der Waals surface area (Å²) in [5.74, 6) is -11.2. The van der Waals surface area contributed by atoms with Gasteiger partial charge in [0.05, 0.1) is 45.6 Å². The summed E-state index contributed by atoms with van der Waals surface area (Å²) < 4.78 is 119. The number of benzene rings is 4. The molecule has 0 N–H and O–H groups in total. The Bertz CT molecular complexity index is 2430. The SMILES string of the molecule is Fc1cc2c3nc4nc(nc5[n-]c(nc6nc(nc([n-]3)c2cc1F)-c1c(F)ccc(F)c1-6)c1cc(F)c(F)cc51)-c1c(F)ccc(F)c1-4.[Cu+2]. The maximum Gasteiger partial charge on any atom is 2.00 e. The number of hydrogen-bond donors (Lipinski definition) is 0. The van der Waals surface area contributed by atoms with Crippen LogP contribution in [-0.2, 0) is 17.1 Å². The van der Waals surface area contributed by atoms with Crippen LogP contribution >= 0.6 is 0 Å². The second-order valence-corrected chi connectivity index (χ2v) is 10.7. The van der Waals surface area contributed by atoms with Gasteiger partial charge in [-0.25, -0.2) is 45.1 Å². The number of rotatable bonds is 0. The molecule has 0 amide bonds. The summed E-state index contributed by atoms with van der Waals surface area (Å²) in [6, 6.07) is 6.18. The van der Waals surface area contributed by atoms with Gasteiger partial charge in [0.15, 0.2) is 23.3 Å². The summed E-state index contributed by atoms with van der Waals surface area (Å²) >= 11 is 0. The molecule has 0 fully saturated rings. The van der Waals surface area contributed by atoms with E-state index in [0.29, 0.717) is 0 Å². The molecule has 8 nitrogen and oxygen atoms in total. The van der Waals surface area contributed by atoms with Crippen molar-refractivity contribution in [3.8, 4) is 45.6 Å². The molecule has 0 atom stereocenters. The number of halogens is 8. The van der Waals surface area contributed by atoms with Crippen LogP contribution in [0.15, 0.2) is 48.5 Å². The summed E-state index contributed by atoms with van der Waals surface area (Å²) in [4.78, 5) is 33.8. The van der Waals surface area contributed by atoms with Gasteiger partial charge in [-0.15, -0.1) is 0 Å². The van der Waals surface area contributed by atoms with E-state index in [-0.39, 0.29) is 61.2 Å². The van der Waals surface area contributed by atoms with Crippen LogP contribution in [0.5, 0.6) is 0 Å². The summed E-state index contributed by atoms with van der Waals surface area (Å²) in [6.07, 6.45) is 0. The molecule has 2 aliphatic heterocycles. The van der Waals surface area contributed by atoms with Crippen molar-refractivity contribution in [2.45, 2.75) is 0 Å². The van der Waals surface area contributed by atoms with Crippen LogP contribution in [-0.4, -0.2) is 29.9 Å². The van der Waals surface area contributed by atoms with Crippen molar-refractivity contribution >= 4 is 44.1 Å². The van der Waals surface area contributed by atoms with Gasteiger partial charge in [-0.3, -0.25) is 0 Å². The fourth-order valence-electron chi connectivity index (χ4n) is 5.74. The van der Waals surface area contributed by atoms with Crippen molar-refractivity contribution in [2.75, 3.05) is 0 Å². The number of aromatic nitrogens is 8. The Balaban J connectivity index is 0.00000348. The van der Waals surface area contributed by atoms with Crippen molar-refractivity contribution in [3.63, 3.8) is 0 Å². The van der Waals surface area contributed by atoms with E-state index < -0.39 is 92.1 Å². The Labute approximate surface area is 276 Å². The molecular weight excluding hydrogens is 712 g/mol. The average molecular weight is 720 g/mol. The molecular formula is C32H8CuF8N8. The van der Waals surface area contributed by atoms with Crippen molar-refractivity contribution in [1.82, 2.24) is 39.9 Å². The first-order valence-corrected chi connectivity index (χ1v) is 13.7. The molecule has 5 heterocycles. The largest absolute Gasteiger partial charge is 2.00 e. The molecule has 0 saturated heterocycles. The van der Waals surface area contributed by atoms with Gasteiger partial charge in [-0.05, 0) is 70.1 Å². The van der Waals surface area contributed by atoms with E-state index in [1.54, 1.807) is 0 Å². The molecule has 2 aliphatic rings. The maximum atomic E-state index is 15.3. The van der Waals surface area contributed by atoms with E-state index in [9.17, 15) is 17.6 Å². The standard InChI is InChI=1S/C32H8F8N8.Cu/c33-13-1-2-14(34)22-21(13)29-43-25-9-5-17(37)18(38)6-10(9)27(41-25)45-31-23-15(35)3-4-16(36)24(23)32(48-31)46-28-12-8-20(40)19(39)7-11(12)26(42-28)44-30(22)47-29;/h1-8H;/q-2;+2. The van der Waals surface area contributed by atoms with Crippen molar-refractivity contribution in [1.29, 1.82) is 0 Å². The van der Waals surface area contributed by atoms with Crippen LogP contribution in [0.3, 0.4) is 0 Å². The summed E-state index contributed by atoms with van der Waals surface area (Å²) in [5.41, 5.74) is -3.42. The third kappa shape index (κ3) is 4.42. The molecule has 8 bridgehead atoms. The number of nitrogens with zero attached hydrogens (tertiary/aromatic N) is 8. The van der Waals surface area contributed by atoms with Gasteiger partial charge in [-0.2, -0.15) is 0 Å². The van der Waals surface area contributed by atoms with Gasteiger partial charge in [0, 0.05) is 22.6 Å². The first-order valence-electron chi connectivity index (χ1n) is 13.7. The van der Waals surface area contributed by atoms with Gasteiger partial charge < -0.3 is 29.9 Å². The van der Waals surface area contributed by atoms with E-state index in [1.807, 2.05) is 0 Å². The van der Waals surface area contributed by atoms with Gasteiger partial charge in [0.1, 0.15) is 23.3 Å². The second-order valence-electron chi connectivity index (χ2n) is 10.7. The molecule has 49 heavy (non-hydrogen) atoms. The second kappa shape index (κ2) is 10.6. The van der Waals surface area contributed by atoms with Crippen LogP contribution in [0.4, 0.5) is 35.1 Å². The topological polar surface area (TPSA) is 106 Å².